The molecule has 0 unspecified atom stereocenters. The Morgan fingerprint density at radius 1 is 1.06 bits per heavy atom. The Morgan fingerprint density at radius 2 is 1.88 bits per heavy atom. The molecule has 0 N–H and O–H groups in total. The molecule has 3 aliphatic rings. The van der Waals surface area contributed by atoms with Crippen LogP contribution in [-0.2, 0) is 4.79 Å². The number of hydrogen-bond donors (Lipinski definition) is 0. The van der Waals surface area contributed by atoms with Crippen LogP contribution in [0.2, 0.25) is 0 Å². The summed E-state index contributed by atoms with van der Waals surface area (Å²) >= 11 is 0. The Balaban J connectivity index is 1.75. The zero-order chi connectivity index (χ0) is 11.0. The Bertz CT molecular complexity index is 315. The molecule has 3 rings (SSSR count). The molecule has 88 valence electrons. The van der Waals surface area contributed by atoms with Gasteiger partial charge in [0, 0.05) is 18.7 Å². The summed E-state index contributed by atoms with van der Waals surface area (Å²) in [5.41, 5.74) is 1.48. The molecule has 2 heterocycles. The van der Waals surface area contributed by atoms with E-state index in [-0.39, 0.29) is 0 Å². The van der Waals surface area contributed by atoms with Crippen LogP contribution >= 0.6 is 0 Å². The molecule has 16 heavy (non-hydrogen) atoms. The second kappa shape index (κ2) is 4.23. The van der Waals surface area contributed by atoms with Crippen LogP contribution in [0.1, 0.15) is 51.4 Å². The summed E-state index contributed by atoms with van der Waals surface area (Å²) < 4.78 is 0. The summed E-state index contributed by atoms with van der Waals surface area (Å²) in [7, 11) is 0. The molecule has 2 nitrogen and oxygen atoms in total. The van der Waals surface area contributed by atoms with Crippen LogP contribution in [0.25, 0.3) is 0 Å². The maximum Gasteiger partial charge on any atom is 0.246 e. The van der Waals surface area contributed by atoms with E-state index in [1.165, 1.54) is 56.9 Å². The summed E-state index contributed by atoms with van der Waals surface area (Å²) in [5.74, 6) is 1.04. The van der Waals surface area contributed by atoms with Crippen LogP contribution in [0, 0.1) is 5.92 Å². The van der Waals surface area contributed by atoms with Crippen molar-refractivity contribution in [2.45, 2.75) is 57.4 Å². The van der Waals surface area contributed by atoms with Crippen molar-refractivity contribution in [1.82, 2.24) is 4.90 Å². The highest BCUT2D eigenvalue weighted by Gasteiger charge is 2.34. The fourth-order valence-corrected chi connectivity index (χ4v) is 3.67. The van der Waals surface area contributed by atoms with Gasteiger partial charge in [0.25, 0.3) is 0 Å². The molecule has 0 aromatic rings. The minimum atomic E-state index is 0.300. The molecular weight excluding hydrogens is 198 g/mol. The van der Waals surface area contributed by atoms with E-state index >= 15 is 0 Å². The quantitative estimate of drug-likeness (QED) is 0.664. The van der Waals surface area contributed by atoms with Gasteiger partial charge in [0.05, 0.1) is 0 Å². The van der Waals surface area contributed by atoms with Crippen molar-refractivity contribution in [2.75, 3.05) is 6.54 Å². The molecule has 0 aromatic carbocycles. The van der Waals surface area contributed by atoms with Gasteiger partial charge in [0.1, 0.15) is 0 Å². The smallest absolute Gasteiger partial charge is 0.246 e. The zero-order valence-corrected chi connectivity index (χ0v) is 9.95. The predicted octanol–water partition coefficient (Wildman–Crippen LogP) is 2.89. The van der Waals surface area contributed by atoms with Gasteiger partial charge in [-0.25, -0.2) is 0 Å². The minimum Gasteiger partial charge on any atom is -0.336 e. The van der Waals surface area contributed by atoms with Gasteiger partial charge < -0.3 is 4.90 Å². The van der Waals surface area contributed by atoms with Crippen molar-refractivity contribution in [2.24, 2.45) is 5.92 Å². The fourth-order valence-electron chi connectivity index (χ4n) is 3.67. The Morgan fingerprint density at radius 3 is 2.69 bits per heavy atom. The third kappa shape index (κ3) is 1.79. The number of rotatable bonds is 1. The van der Waals surface area contributed by atoms with Crippen molar-refractivity contribution in [3.63, 3.8) is 0 Å². The average Bonchev–Trinajstić information content (AvgIpc) is 2.79. The molecule has 2 aliphatic heterocycles. The maximum atomic E-state index is 12.0. The zero-order valence-electron chi connectivity index (χ0n) is 9.95. The van der Waals surface area contributed by atoms with E-state index in [4.69, 9.17) is 0 Å². The van der Waals surface area contributed by atoms with Crippen LogP contribution in [0.5, 0.6) is 0 Å². The maximum absolute atomic E-state index is 12.0. The topological polar surface area (TPSA) is 20.3 Å². The largest absolute Gasteiger partial charge is 0.336 e. The SMILES string of the molecule is O=C1C=C(C2CCCCC2)C[C@@H]2CCCN12. The highest BCUT2D eigenvalue weighted by Crippen LogP contribution is 2.37. The highest BCUT2D eigenvalue weighted by molar-refractivity contribution is 5.90. The summed E-state index contributed by atoms with van der Waals surface area (Å²) in [6.07, 6.45) is 12.4. The standard InChI is InChI=1S/C14H21NO/c16-14-10-12(11-5-2-1-3-6-11)9-13-7-4-8-15(13)14/h10-11,13H,1-9H2/t13-/m0/s1. The third-order valence-corrected chi connectivity index (χ3v) is 4.57. The molecular formula is C14H21NO. The molecule has 1 aliphatic carbocycles. The number of fused-ring (bicyclic) bond motifs is 1. The van der Waals surface area contributed by atoms with Crippen LogP contribution in [0.15, 0.2) is 11.6 Å². The fraction of sp³-hybridized carbons (Fsp3) is 0.786. The Hall–Kier alpha value is -0.790. The van der Waals surface area contributed by atoms with Crippen LogP contribution in [-0.4, -0.2) is 23.4 Å². The van der Waals surface area contributed by atoms with Crippen molar-refractivity contribution in [1.29, 1.82) is 0 Å². The van der Waals surface area contributed by atoms with Gasteiger partial charge in [0.15, 0.2) is 0 Å². The molecule has 0 spiro atoms. The van der Waals surface area contributed by atoms with Gasteiger partial charge >= 0.3 is 0 Å². The predicted molar refractivity (Wildman–Crippen MR) is 64.0 cm³/mol. The van der Waals surface area contributed by atoms with Crippen LogP contribution in [0.3, 0.4) is 0 Å². The third-order valence-electron chi connectivity index (χ3n) is 4.57. The van der Waals surface area contributed by atoms with Gasteiger partial charge in [-0.1, -0.05) is 24.8 Å². The summed E-state index contributed by atoms with van der Waals surface area (Å²) in [6, 6.07) is 0.550. The number of nitrogens with zero attached hydrogens (tertiary/aromatic N) is 1. The van der Waals surface area contributed by atoms with E-state index in [1.807, 2.05) is 6.08 Å². The lowest BCUT2D eigenvalue weighted by atomic mass is 9.80. The van der Waals surface area contributed by atoms with Gasteiger partial charge in [-0.3, -0.25) is 4.79 Å². The van der Waals surface area contributed by atoms with Crippen molar-refractivity contribution in [3.8, 4) is 0 Å². The van der Waals surface area contributed by atoms with Gasteiger partial charge in [-0.05, 0) is 38.0 Å². The molecule has 1 atom stereocenters. The first-order valence-electron chi connectivity index (χ1n) is 6.85. The summed E-state index contributed by atoms with van der Waals surface area (Å²) in [6.45, 7) is 0.998. The second-order valence-corrected chi connectivity index (χ2v) is 5.59. The Kier molecular flexibility index (Phi) is 2.74. The normalized spacial score (nSPS) is 31.5. The van der Waals surface area contributed by atoms with Crippen LogP contribution in [0.4, 0.5) is 0 Å². The lowest BCUT2D eigenvalue weighted by molar-refractivity contribution is -0.127. The molecule has 1 saturated carbocycles. The first kappa shape index (κ1) is 10.4. The first-order valence-corrected chi connectivity index (χ1v) is 6.85. The number of carbonyl (C=O) groups excluding carboxylic acids is 1. The molecule has 1 saturated heterocycles. The molecule has 0 radical (unpaired) electrons. The van der Waals surface area contributed by atoms with E-state index in [0.29, 0.717) is 11.9 Å². The van der Waals surface area contributed by atoms with Crippen molar-refractivity contribution < 1.29 is 4.79 Å². The van der Waals surface area contributed by atoms with E-state index in [2.05, 4.69) is 4.90 Å². The molecule has 1 amide bonds. The van der Waals surface area contributed by atoms with Gasteiger partial charge in [-0.15, -0.1) is 0 Å². The minimum absolute atomic E-state index is 0.300. The van der Waals surface area contributed by atoms with Crippen molar-refractivity contribution in [3.05, 3.63) is 11.6 Å². The van der Waals surface area contributed by atoms with Gasteiger partial charge in [-0.2, -0.15) is 0 Å². The number of hydrogen-bond acceptors (Lipinski definition) is 1. The molecule has 2 heteroatoms. The second-order valence-electron chi connectivity index (χ2n) is 5.59. The van der Waals surface area contributed by atoms with Crippen molar-refractivity contribution >= 4 is 5.91 Å². The molecule has 2 fully saturated rings. The lowest BCUT2D eigenvalue weighted by Crippen LogP contribution is -2.39. The first-order chi connectivity index (χ1) is 7.84. The van der Waals surface area contributed by atoms with E-state index < -0.39 is 0 Å². The molecule has 0 bridgehead atoms. The summed E-state index contributed by atoms with van der Waals surface area (Å²) in [5, 5.41) is 0. The lowest BCUT2D eigenvalue weighted by Gasteiger charge is -2.33. The molecule has 0 aromatic heterocycles. The van der Waals surface area contributed by atoms with Gasteiger partial charge in [0.2, 0.25) is 5.91 Å². The average molecular weight is 219 g/mol. The van der Waals surface area contributed by atoms with E-state index in [1.54, 1.807) is 0 Å². The summed E-state index contributed by atoms with van der Waals surface area (Å²) in [4.78, 5) is 14.1. The van der Waals surface area contributed by atoms with E-state index in [0.717, 1.165) is 12.5 Å². The van der Waals surface area contributed by atoms with E-state index in [9.17, 15) is 4.79 Å². The van der Waals surface area contributed by atoms with Crippen LogP contribution < -0.4 is 0 Å². The number of amides is 1. The monoisotopic (exact) mass is 219 g/mol. The highest BCUT2D eigenvalue weighted by atomic mass is 16.2. The number of carbonyl (C=O) groups is 1. The Labute approximate surface area is 97.7 Å².